The second kappa shape index (κ2) is 9.90. The molecule has 0 unspecified atom stereocenters. The van der Waals surface area contributed by atoms with Crippen molar-refractivity contribution >= 4 is 30.0 Å². The molecule has 4 rings (SSSR count). The maximum atomic E-state index is 15.5. The van der Waals surface area contributed by atoms with Crippen LogP contribution < -0.4 is 21.5 Å². The summed E-state index contributed by atoms with van der Waals surface area (Å²) >= 11 is 4.28. The number of aromatic nitrogens is 2. The molecule has 1 saturated heterocycles. The number of alkyl halides is 4. The zero-order chi connectivity index (χ0) is 25.2. The van der Waals surface area contributed by atoms with E-state index in [1.54, 1.807) is 6.07 Å². The van der Waals surface area contributed by atoms with Gasteiger partial charge in [0.25, 0.3) is 5.92 Å². The maximum Gasteiger partial charge on any atom is 0.331 e. The van der Waals surface area contributed by atoms with E-state index in [4.69, 9.17) is 11.6 Å². The first kappa shape index (κ1) is 25.1. The zero-order valence-electron chi connectivity index (χ0n) is 18.8. The van der Waals surface area contributed by atoms with Gasteiger partial charge < -0.3 is 10.6 Å². The van der Waals surface area contributed by atoms with E-state index in [-0.39, 0.29) is 36.0 Å². The summed E-state index contributed by atoms with van der Waals surface area (Å²) < 4.78 is 58.9. The Balaban J connectivity index is 1.79. The van der Waals surface area contributed by atoms with Crippen LogP contribution in [0.2, 0.25) is 0 Å². The number of halogens is 4. The molecule has 1 aromatic heterocycles. The van der Waals surface area contributed by atoms with Gasteiger partial charge in [-0.05, 0) is 23.3 Å². The van der Waals surface area contributed by atoms with E-state index in [2.05, 4.69) is 22.6 Å². The fourth-order valence-electron chi connectivity index (χ4n) is 4.07. The van der Waals surface area contributed by atoms with Crippen LogP contribution >= 0.6 is 12.6 Å². The number of aryl methyl sites for hydroxylation is 1. The minimum atomic E-state index is -3.61. The Kier molecular flexibility index (Phi) is 7.09. The molecule has 0 spiro atoms. The van der Waals surface area contributed by atoms with Gasteiger partial charge in [0.05, 0.1) is 13.1 Å². The highest BCUT2D eigenvalue weighted by atomic mass is 32.1. The Labute approximate surface area is 206 Å². The number of nitrogens with two attached hydrogens (primary N) is 2. The summed E-state index contributed by atoms with van der Waals surface area (Å²) in [5, 5.41) is 1.15. The molecule has 1 aliphatic heterocycles. The average Bonchev–Trinajstić information content (AvgIpc) is 3.20. The summed E-state index contributed by atoms with van der Waals surface area (Å²) in [6, 6.07) is 14.5. The number of nitrogen functional groups attached to an aromatic ring is 1. The SMILES string of the molecule is Nc1c(N(N)Cc2ccccc2CCS)nc(C(F)(F)c2ccccc2)nc1N1CCC(F)(F)C1. The number of hydrogen-bond donors (Lipinski definition) is 3. The van der Waals surface area contributed by atoms with Gasteiger partial charge in [-0.1, -0.05) is 54.6 Å². The lowest BCUT2D eigenvalue weighted by Crippen LogP contribution is -2.35. The first-order valence-electron chi connectivity index (χ1n) is 11.1. The molecule has 0 amide bonds. The molecule has 0 aliphatic carbocycles. The third-order valence-electron chi connectivity index (χ3n) is 5.90. The molecule has 2 heterocycles. The van der Waals surface area contributed by atoms with Crippen molar-refractivity contribution in [3.05, 3.63) is 77.1 Å². The highest BCUT2D eigenvalue weighted by Gasteiger charge is 2.43. The lowest BCUT2D eigenvalue weighted by molar-refractivity contribution is 0.0256. The molecule has 1 aliphatic rings. The van der Waals surface area contributed by atoms with Crippen LogP contribution in [0.1, 0.15) is 28.9 Å². The van der Waals surface area contributed by atoms with E-state index < -0.39 is 30.6 Å². The van der Waals surface area contributed by atoms with Crippen molar-refractivity contribution in [1.29, 1.82) is 0 Å². The van der Waals surface area contributed by atoms with Crippen molar-refractivity contribution in [1.82, 2.24) is 9.97 Å². The van der Waals surface area contributed by atoms with Crippen molar-refractivity contribution < 1.29 is 17.6 Å². The Morgan fingerprint density at radius 1 is 1.03 bits per heavy atom. The minimum Gasteiger partial charge on any atom is -0.393 e. The summed E-state index contributed by atoms with van der Waals surface area (Å²) in [6.45, 7) is -0.657. The van der Waals surface area contributed by atoms with E-state index in [0.29, 0.717) is 12.2 Å². The summed E-state index contributed by atoms with van der Waals surface area (Å²) in [5.74, 6) is -0.881. The predicted octanol–water partition coefficient (Wildman–Crippen LogP) is 4.40. The largest absolute Gasteiger partial charge is 0.393 e. The van der Waals surface area contributed by atoms with Gasteiger partial charge in [0.15, 0.2) is 11.6 Å². The third-order valence-corrected chi connectivity index (χ3v) is 6.13. The van der Waals surface area contributed by atoms with Gasteiger partial charge in [-0.25, -0.2) is 24.6 Å². The van der Waals surface area contributed by atoms with Crippen LogP contribution in [-0.4, -0.2) is 34.7 Å². The molecule has 35 heavy (non-hydrogen) atoms. The number of hydrazine groups is 1. The van der Waals surface area contributed by atoms with Crippen LogP contribution in [0.15, 0.2) is 54.6 Å². The maximum absolute atomic E-state index is 15.5. The summed E-state index contributed by atoms with van der Waals surface area (Å²) in [5.41, 5.74) is 7.62. The fourth-order valence-corrected chi connectivity index (χ4v) is 4.32. The quantitative estimate of drug-likeness (QED) is 0.182. The average molecular weight is 507 g/mol. The third kappa shape index (κ3) is 5.30. The minimum absolute atomic E-state index is 0.0840. The second-order valence-electron chi connectivity index (χ2n) is 8.45. The first-order chi connectivity index (χ1) is 16.6. The van der Waals surface area contributed by atoms with Crippen LogP contribution in [0.3, 0.4) is 0 Å². The molecule has 1 fully saturated rings. The molecule has 11 heteroatoms. The van der Waals surface area contributed by atoms with Gasteiger partial charge in [-0.15, -0.1) is 0 Å². The highest BCUT2D eigenvalue weighted by Crippen LogP contribution is 2.40. The summed E-state index contributed by atoms with van der Waals surface area (Å²) in [4.78, 5) is 9.23. The van der Waals surface area contributed by atoms with Crippen LogP contribution in [0.5, 0.6) is 0 Å². The predicted molar refractivity (Wildman–Crippen MR) is 132 cm³/mol. The van der Waals surface area contributed by atoms with Gasteiger partial charge in [-0.3, -0.25) is 5.01 Å². The molecule has 3 aromatic rings. The lowest BCUT2D eigenvalue weighted by atomic mass is 10.1. The molecule has 0 saturated carbocycles. The topological polar surface area (TPSA) is 84.3 Å². The number of thiol groups is 1. The number of anilines is 3. The number of hydrogen-bond acceptors (Lipinski definition) is 7. The van der Waals surface area contributed by atoms with Crippen molar-refractivity contribution in [3.63, 3.8) is 0 Å². The molecule has 0 bridgehead atoms. The number of rotatable bonds is 8. The van der Waals surface area contributed by atoms with E-state index in [1.165, 1.54) is 29.2 Å². The fraction of sp³-hybridized carbons (Fsp3) is 0.333. The van der Waals surface area contributed by atoms with Crippen LogP contribution in [0.4, 0.5) is 34.9 Å². The van der Waals surface area contributed by atoms with E-state index in [1.807, 2.05) is 24.3 Å². The van der Waals surface area contributed by atoms with Gasteiger partial charge >= 0.3 is 5.92 Å². The van der Waals surface area contributed by atoms with E-state index in [0.717, 1.165) is 16.1 Å². The van der Waals surface area contributed by atoms with Crippen molar-refractivity contribution in [2.24, 2.45) is 5.84 Å². The van der Waals surface area contributed by atoms with Gasteiger partial charge in [0.2, 0.25) is 5.82 Å². The normalized spacial score (nSPS) is 15.4. The molecular formula is C24H26F4N6S. The standard InChI is InChI=1S/C24H26F4N6S/c25-23(26)11-12-33(15-23)20-19(29)21(34(30)14-17-7-5-4-6-16(17)10-13-35)32-22(31-20)24(27,28)18-8-2-1-3-9-18/h1-9,35H,10-15,29-30H2. The Morgan fingerprint density at radius 2 is 1.69 bits per heavy atom. The van der Waals surface area contributed by atoms with E-state index >= 15 is 8.78 Å². The Bertz CT molecular complexity index is 1180. The molecule has 0 radical (unpaired) electrons. The summed E-state index contributed by atoms with van der Waals surface area (Å²) in [7, 11) is 0. The first-order valence-corrected chi connectivity index (χ1v) is 11.7. The van der Waals surface area contributed by atoms with Gasteiger partial charge in [0.1, 0.15) is 5.69 Å². The molecule has 0 atom stereocenters. The molecule has 2 aromatic carbocycles. The van der Waals surface area contributed by atoms with Crippen molar-refractivity contribution in [2.45, 2.75) is 31.2 Å². The van der Waals surface area contributed by atoms with Crippen molar-refractivity contribution in [3.8, 4) is 0 Å². The van der Waals surface area contributed by atoms with Gasteiger partial charge in [0, 0.05) is 18.5 Å². The Morgan fingerprint density at radius 3 is 2.31 bits per heavy atom. The van der Waals surface area contributed by atoms with E-state index in [9.17, 15) is 8.78 Å². The monoisotopic (exact) mass is 506 g/mol. The van der Waals surface area contributed by atoms with Crippen molar-refractivity contribution in [2.75, 3.05) is 34.5 Å². The number of nitrogens with zero attached hydrogens (tertiary/aromatic N) is 4. The van der Waals surface area contributed by atoms with Crippen LogP contribution in [-0.2, 0) is 18.9 Å². The smallest absolute Gasteiger partial charge is 0.331 e. The zero-order valence-corrected chi connectivity index (χ0v) is 19.7. The lowest BCUT2D eigenvalue weighted by Gasteiger charge is -2.27. The molecular weight excluding hydrogens is 480 g/mol. The molecule has 186 valence electrons. The molecule has 4 N–H and O–H groups in total. The van der Waals surface area contributed by atoms with Crippen LogP contribution in [0.25, 0.3) is 0 Å². The highest BCUT2D eigenvalue weighted by molar-refractivity contribution is 7.80. The summed E-state index contributed by atoms with van der Waals surface area (Å²) in [6.07, 6.45) is 0.247. The van der Waals surface area contributed by atoms with Crippen LogP contribution in [0, 0.1) is 0 Å². The second-order valence-corrected chi connectivity index (χ2v) is 8.89. The Hall–Kier alpha value is -3.05. The van der Waals surface area contributed by atoms with Gasteiger partial charge in [-0.2, -0.15) is 21.4 Å². The molecule has 6 nitrogen and oxygen atoms in total. The number of benzene rings is 2.